The van der Waals surface area contributed by atoms with Gasteiger partial charge in [0.15, 0.2) is 0 Å². The molecule has 3 heterocycles. The van der Waals surface area contributed by atoms with E-state index in [1.54, 1.807) is 29.5 Å². The Balaban J connectivity index is 2.31. The molecule has 78 valence electrons. The van der Waals surface area contributed by atoms with Gasteiger partial charge in [0.2, 0.25) is 0 Å². The Bertz CT molecular complexity index is 647. The van der Waals surface area contributed by atoms with E-state index in [1.807, 2.05) is 18.2 Å². The van der Waals surface area contributed by atoms with Crippen molar-refractivity contribution in [3.05, 3.63) is 48.0 Å². The van der Waals surface area contributed by atoms with Gasteiger partial charge in [-0.3, -0.25) is 9.97 Å². The van der Waals surface area contributed by atoms with Gasteiger partial charge < -0.3 is 0 Å². The van der Waals surface area contributed by atoms with Gasteiger partial charge in [0.1, 0.15) is 5.52 Å². The highest BCUT2D eigenvalue weighted by Crippen LogP contribution is 2.21. The maximum absolute atomic E-state index is 6.07. The summed E-state index contributed by atoms with van der Waals surface area (Å²) in [6.07, 6.45) is 6.74. The molecular weight excluding hydrogens is 224 g/mol. The molecule has 0 N–H and O–H groups in total. The van der Waals surface area contributed by atoms with Crippen LogP contribution in [0.25, 0.3) is 16.7 Å². The zero-order valence-electron chi connectivity index (χ0n) is 8.21. The van der Waals surface area contributed by atoms with Crippen molar-refractivity contribution in [3.63, 3.8) is 0 Å². The number of hydrogen-bond donors (Lipinski definition) is 0. The van der Waals surface area contributed by atoms with Crippen molar-refractivity contribution < 1.29 is 0 Å². The molecule has 5 heteroatoms. The molecule has 0 atom stereocenters. The highest BCUT2D eigenvalue weighted by Gasteiger charge is 2.07. The van der Waals surface area contributed by atoms with Gasteiger partial charge in [-0.05, 0) is 18.2 Å². The predicted molar refractivity (Wildman–Crippen MR) is 61.7 cm³/mol. The summed E-state index contributed by atoms with van der Waals surface area (Å²) < 4.78 is 1.76. The van der Waals surface area contributed by atoms with Gasteiger partial charge in [-0.2, -0.15) is 5.10 Å². The van der Waals surface area contributed by atoms with Gasteiger partial charge in [-0.15, -0.1) is 0 Å². The van der Waals surface area contributed by atoms with E-state index >= 15 is 0 Å². The van der Waals surface area contributed by atoms with E-state index in [1.165, 1.54) is 0 Å². The molecule has 3 rings (SSSR count). The Labute approximate surface area is 96.5 Å². The van der Waals surface area contributed by atoms with Gasteiger partial charge in [-0.1, -0.05) is 11.6 Å². The first-order valence-corrected chi connectivity index (χ1v) is 5.13. The maximum atomic E-state index is 6.07. The summed E-state index contributed by atoms with van der Waals surface area (Å²) in [4.78, 5) is 8.16. The lowest BCUT2D eigenvalue weighted by Crippen LogP contribution is -1.97. The van der Waals surface area contributed by atoms with Crippen molar-refractivity contribution in [2.24, 2.45) is 0 Å². The summed E-state index contributed by atoms with van der Waals surface area (Å²) >= 11 is 6.07. The molecule has 0 spiro atoms. The van der Waals surface area contributed by atoms with Gasteiger partial charge >= 0.3 is 0 Å². The Morgan fingerprint density at radius 1 is 1.12 bits per heavy atom. The van der Waals surface area contributed by atoms with Crippen LogP contribution < -0.4 is 0 Å². The molecule has 0 saturated heterocycles. The third kappa shape index (κ3) is 1.35. The second kappa shape index (κ2) is 3.57. The molecule has 0 aliphatic heterocycles. The van der Waals surface area contributed by atoms with Crippen LogP contribution in [0.3, 0.4) is 0 Å². The van der Waals surface area contributed by atoms with E-state index in [2.05, 4.69) is 15.1 Å². The molecule has 3 aromatic heterocycles. The molecular formula is C11H7ClN4. The first kappa shape index (κ1) is 9.30. The van der Waals surface area contributed by atoms with Crippen LogP contribution in [0, 0.1) is 0 Å². The van der Waals surface area contributed by atoms with E-state index in [4.69, 9.17) is 11.6 Å². The Morgan fingerprint density at radius 3 is 2.94 bits per heavy atom. The first-order valence-electron chi connectivity index (χ1n) is 4.75. The minimum Gasteiger partial charge on any atom is -0.263 e. The fourth-order valence-electron chi connectivity index (χ4n) is 1.59. The Morgan fingerprint density at radius 2 is 2.06 bits per heavy atom. The van der Waals surface area contributed by atoms with E-state index < -0.39 is 0 Å². The number of nitrogens with zero attached hydrogens (tertiary/aromatic N) is 4. The zero-order chi connectivity index (χ0) is 11.0. The molecule has 0 aromatic carbocycles. The molecule has 0 aliphatic rings. The number of halogens is 1. The quantitative estimate of drug-likeness (QED) is 0.645. The molecule has 3 aromatic rings. The van der Waals surface area contributed by atoms with Gasteiger partial charge in [0, 0.05) is 18.6 Å². The molecule has 0 saturated carbocycles. The molecule has 0 aliphatic carbocycles. The van der Waals surface area contributed by atoms with E-state index in [-0.39, 0.29) is 0 Å². The van der Waals surface area contributed by atoms with Gasteiger partial charge in [0.05, 0.1) is 22.4 Å². The van der Waals surface area contributed by atoms with Crippen molar-refractivity contribution in [2.45, 2.75) is 0 Å². The lowest BCUT2D eigenvalue weighted by molar-refractivity contribution is 0.907. The summed E-state index contributed by atoms with van der Waals surface area (Å²) in [7, 11) is 0. The topological polar surface area (TPSA) is 43.6 Å². The largest absolute Gasteiger partial charge is 0.263 e. The molecule has 0 amide bonds. The molecule has 0 radical (unpaired) electrons. The van der Waals surface area contributed by atoms with Crippen molar-refractivity contribution in [1.29, 1.82) is 0 Å². The number of fused-ring (bicyclic) bond motifs is 1. The van der Waals surface area contributed by atoms with E-state index in [0.29, 0.717) is 5.02 Å². The number of pyridine rings is 2. The lowest BCUT2D eigenvalue weighted by atomic mass is 10.3. The SMILES string of the molecule is Clc1cnccc1-n1ncc2ncccc21. The Kier molecular flexibility index (Phi) is 2.08. The summed E-state index contributed by atoms with van der Waals surface area (Å²) in [6.45, 7) is 0. The summed E-state index contributed by atoms with van der Waals surface area (Å²) in [6, 6.07) is 5.64. The summed E-state index contributed by atoms with van der Waals surface area (Å²) in [5.41, 5.74) is 2.57. The normalized spacial score (nSPS) is 10.8. The second-order valence-corrected chi connectivity index (χ2v) is 3.70. The van der Waals surface area contributed by atoms with Crippen LogP contribution in [0.4, 0.5) is 0 Å². The zero-order valence-corrected chi connectivity index (χ0v) is 8.96. The van der Waals surface area contributed by atoms with Gasteiger partial charge in [-0.25, -0.2) is 4.68 Å². The standard InChI is InChI=1S/C11H7ClN4/c12-8-6-13-5-3-10(8)16-11-2-1-4-14-9(11)7-15-16/h1-7H. The van der Waals surface area contributed by atoms with Crippen LogP contribution >= 0.6 is 11.6 Å². The smallest absolute Gasteiger partial charge is 0.109 e. The van der Waals surface area contributed by atoms with Crippen LogP contribution in [0.15, 0.2) is 43.0 Å². The molecule has 16 heavy (non-hydrogen) atoms. The average molecular weight is 231 g/mol. The van der Waals surface area contributed by atoms with E-state index in [0.717, 1.165) is 16.7 Å². The van der Waals surface area contributed by atoms with E-state index in [9.17, 15) is 0 Å². The average Bonchev–Trinajstić information content (AvgIpc) is 2.74. The third-order valence-corrected chi connectivity index (χ3v) is 2.61. The van der Waals surface area contributed by atoms with Crippen molar-refractivity contribution in [1.82, 2.24) is 19.7 Å². The molecule has 0 unspecified atom stereocenters. The van der Waals surface area contributed by atoms with Crippen LogP contribution in [0.1, 0.15) is 0 Å². The minimum atomic E-state index is 0.566. The highest BCUT2D eigenvalue weighted by atomic mass is 35.5. The molecule has 0 fully saturated rings. The number of rotatable bonds is 1. The monoisotopic (exact) mass is 230 g/mol. The van der Waals surface area contributed by atoms with Crippen molar-refractivity contribution in [3.8, 4) is 5.69 Å². The minimum absolute atomic E-state index is 0.566. The maximum Gasteiger partial charge on any atom is 0.109 e. The third-order valence-electron chi connectivity index (χ3n) is 2.32. The fourth-order valence-corrected chi connectivity index (χ4v) is 1.79. The number of aromatic nitrogens is 4. The Hall–Kier alpha value is -1.94. The molecule has 0 bridgehead atoms. The first-order chi connectivity index (χ1) is 7.86. The van der Waals surface area contributed by atoms with Crippen LogP contribution in [0.5, 0.6) is 0 Å². The number of hydrogen-bond acceptors (Lipinski definition) is 3. The predicted octanol–water partition coefficient (Wildman–Crippen LogP) is 2.47. The fraction of sp³-hybridized carbons (Fsp3) is 0. The van der Waals surface area contributed by atoms with Crippen molar-refractivity contribution >= 4 is 22.6 Å². The lowest BCUT2D eigenvalue weighted by Gasteiger charge is -2.04. The second-order valence-electron chi connectivity index (χ2n) is 3.29. The van der Waals surface area contributed by atoms with Crippen molar-refractivity contribution in [2.75, 3.05) is 0 Å². The summed E-state index contributed by atoms with van der Waals surface area (Å²) in [5.74, 6) is 0. The van der Waals surface area contributed by atoms with Crippen LogP contribution in [-0.2, 0) is 0 Å². The van der Waals surface area contributed by atoms with Gasteiger partial charge in [0.25, 0.3) is 0 Å². The molecule has 4 nitrogen and oxygen atoms in total. The van der Waals surface area contributed by atoms with Crippen LogP contribution in [-0.4, -0.2) is 19.7 Å². The van der Waals surface area contributed by atoms with Crippen LogP contribution in [0.2, 0.25) is 5.02 Å². The summed E-state index contributed by atoms with van der Waals surface area (Å²) in [5, 5.41) is 4.83. The highest BCUT2D eigenvalue weighted by molar-refractivity contribution is 6.32.